The summed E-state index contributed by atoms with van der Waals surface area (Å²) in [5.74, 6) is -5.17. The maximum Gasteiger partial charge on any atom is 0.436 e. The highest BCUT2D eigenvalue weighted by Crippen LogP contribution is 2.45. The van der Waals surface area contributed by atoms with Crippen molar-refractivity contribution in [3.8, 4) is 0 Å². The van der Waals surface area contributed by atoms with Crippen LogP contribution in [0, 0.1) is 0 Å². The lowest BCUT2D eigenvalue weighted by molar-refractivity contribution is -0.870. The molecule has 25 heteroatoms. The summed E-state index contributed by atoms with van der Waals surface area (Å²) in [7, 11) is -6.49. The summed E-state index contributed by atoms with van der Waals surface area (Å²) in [4.78, 5) is 9.04. The molecule has 0 heterocycles. The van der Waals surface area contributed by atoms with Gasteiger partial charge in [0.1, 0.15) is 13.2 Å². The minimum Gasteiger partial charge on any atom is -0.756 e. The molecule has 0 saturated carbocycles. The van der Waals surface area contributed by atoms with Crippen molar-refractivity contribution in [2.45, 2.75) is 50.1 Å². The Balaban J connectivity index is 0. The summed E-state index contributed by atoms with van der Waals surface area (Å²) >= 11 is 0. The van der Waals surface area contributed by atoms with Gasteiger partial charge in [0.2, 0.25) is 0 Å². The number of hydrogen-bond donors (Lipinski definition) is 0. The monoisotopic (exact) mass is 685 g/mol. The van der Waals surface area contributed by atoms with E-state index in [1.165, 1.54) is 0 Å². The van der Waals surface area contributed by atoms with Crippen LogP contribution in [-0.2, 0) is 23.6 Å². The van der Waals surface area contributed by atoms with E-state index in [4.69, 9.17) is 0 Å². The number of quaternary nitrogens is 1. The van der Waals surface area contributed by atoms with Gasteiger partial charge in [-0.25, -0.2) is 26.0 Å². The van der Waals surface area contributed by atoms with E-state index >= 15 is 0 Å². The molecule has 0 N–H and O–H groups in total. The lowest BCUT2D eigenvalue weighted by Gasteiger charge is -2.36. The van der Waals surface area contributed by atoms with Crippen molar-refractivity contribution < 1.29 is 92.9 Å². The van der Waals surface area contributed by atoms with Crippen molar-refractivity contribution in [2.24, 2.45) is 0 Å². The van der Waals surface area contributed by atoms with Crippen LogP contribution in [-0.4, -0.2) is 119 Å². The third-order valence-corrected chi connectivity index (χ3v) is 7.31. The molecule has 0 aliphatic heterocycles. The maximum atomic E-state index is 14.1. The van der Waals surface area contributed by atoms with Crippen molar-refractivity contribution in [1.29, 1.82) is 0 Å². The highest BCUT2D eigenvalue weighted by molar-refractivity contribution is 7.90. The first-order chi connectivity index (χ1) is 18.0. The van der Waals surface area contributed by atoms with Gasteiger partial charge in [-0.15, -0.1) is 4.90 Å². The molecule has 0 rings (SSSR count). The highest BCUT2D eigenvalue weighted by Gasteiger charge is 2.73. The highest BCUT2D eigenvalue weighted by atomic mass is 32.2. The Morgan fingerprint density at radius 2 is 1.22 bits per heavy atom. The fourth-order valence-corrected chi connectivity index (χ4v) is 4.14. The van der Waals surface area contributed by atoms with Crippen molar-refractivity contribution in [3.63, 3.8) is 0 Å². The molecule has 1 unspecified atom stereocenters. The molecule has 0 bridgehead atoms. The number of hydrogen-bond acceptors (Lipinski definition) is 7. The summed E-state index contributed by atoms with van der Waals surface area (Å²) < 4.78 is 215. The van der Waals surface area contributed by atoms with E-state index in [0.29, 0.717) is 4.48 Å². The van der Waals surface area contributed by atoms with Gasteiger partial charge in [-0.1, -0.05) is 6.92 Å². The first-order valence-electron chi connectivity index (χ1n) is 10.5. The quantitative estimate of drug-likeness (QED) is 0.0991. The van der Waals surface area contributed by atoms with Crippen LogP contribution in [0.3, 0.4) is 0 Å². The molecule has 0 aromatic carbocycles. The summed E-state index contributed by atoms with van der Waals surface area (Å²) in [6.45, 7) is -12.4. The number of likely N-dealkylation sites (N-methyl/N-ethyl adjacent to an activating group) is 2. The van der Waals surface area contributed by atoms with E-state index in [9.17, 15) is 79.3 Å². The second kappa shape index (κ2) is 15.6. The van der Waals surface area contributed by atoms with Crippen LogP contribution < -0.4 is 4.89 Å². The fourth-order valence-electron chi connectivity index (χ4n) is 2.06. The summed E-state index contributed by atoms with van der Waals surface area (Å²) in [5.41, 5.74) is 0. The van der Waals surface area contributed by atoms with Crippen molar-refractivity contribution in [2.75, 3.05) is 54.0 Å². The molecule has 41 heavy (non-hydrogen) atoms. The largest absolute Gasteiger partial charge is 0.756 e. The summed E-state index contributed by atoms with van der Waals surface area (Å²) in [5, 5.41) is -6.44. The van der Waals surface area contributed by atoms with E-state index < -0.39 is 89.9 Å². The molecular formula is C16H26F14N3O6PS. The SMILES string of the molecule is CCN(CCOP(=O)([O-])OCC[N+](C)(C)C)S(=O)(=O)C(F)(F)C(F)(F)N(C(F)F)C(F)F.FC(F)C(F)(F)C(F)F. The molecule has 0 aliphatic rings. The van der Waals surface area contributed by atoms with Crippen LogP contribution in [0.4, 0.5) is 61.5 Å². The molecule has 0 spiro atoms. The second-order valence-corrected chi connectivity index (χ2v) is 11.8. The second-order valence-electron chi connectivity index (χ2n) is 8.42. The molecule has 0 saturated heterocycles. The van der Waals surface area contributed by atoms with Crippen LogP contribution in [0.2, 0.25) is 0 Å². The number of halogens is 14. The van der Waals surface area contributed by atoms with E-state index in [2.05, 4.69) is 9.05 Å². The lowest BCUT2D eigenvalue weighted by atomic mass is 10.4. The minimum absolute atomic E-state index is 0.192. The molecule has 0 radical (unpaired) electrons. The molecule has 0 aromatic heterocycles. The third kappa shape index (κ3) is 12.2. The lowest BCUT2D eigenvalue weighted by Crippen LogP contribution is -2.63. The Morgan fingerprint density at radius 1 is 0.829 bits per heavy atom. The Hall–Kier alpha value is -1.04. The van der Waals surface area contributed by atoms with Crippen LogP contribution in [0.15, 0.2) is 0 Å². The number of sulfonamides is 1. The average Bonchev–Trinajstić information content (AvgIpc) is 2.74. The average molecular weight is 685 g/mol. The van der Waals surface area contributed by atoms with Gasteiger partial charge < -0.3 is 18.4 Å². The molecule has 1 atom stereocenters. The number of phosphoric ester groups is 1. The molecule has 9 nitrogen and oxygen atoms in total. The Labute approximate surface area is 224 Å². The van der Waals surface area contributed by atoms with Crippen molar-refractivity contribution in [1.82, 2.24) is 9.21 Å². The molecule has 0 fully saturated rings. The van der Waals surface area contributed by atoms with Gasteiger partial charge in [-0.05, 0) is 0 Å². The predicted molar refractivity (Wildman–Crippen MR) is 109 cm³/mol. The normalized spacial score (nSPS) is 15.7. The van der Waals surface area contributed by atoms with Crippen LogP contribution in [0.1, 0.15) is 6.92 Å². The standard InChI is InChI=1S/C13H24F8N3O6PS.C3H2F6/c1-5-22(6-8-29-31(25,26)30-9-7-24(2,3)4)32(27,28)13(20,21)12(18,19)23(10(14)15)11(16)17;4-1(5)3(8,9)2(6)7/h10-11H,5-9H2,1-4H3;1-2H. The number of phosphoric acid groups is 1. The molecular weight excluding hydrogens is 659 g/mol. The van der Waals surface area contributed by atoms with E-state index in [-0.39, 0.29) is 13.2 Å². The molecule has 0 aromatic rings. The van der Waals surface area contributed by atoms with Gasteiger partial charge in [0.05, 0.1) is 27.7 Å². The summed E-state index contributed by atoms with van der Waals surface area (Å²) in [6, 6.07) is -6.52. The zero-order chi connectivity index (χ0) is 33.4. The molecule has 0 aliphatic carbocycles. The number of nitrogens with zero attached hydrogens (tertiary/aromatic N) is 3. The summed E-state index contributed by atoms with van der Waals surface area (Å²) in [6.07, 6.45) is -8.59. The molecule has 250 valence electrons. The van der Waals surface area contributed by atoms with Crippen LogP contribution in [0.5, 0.6) is 0 Å². The topological polar surface area (TPSA) is 99.2 Å². The Morgan fingerprint density at radius 3 is 1.51 bits per heavy atom. The van der Waals surface area contributed by atoms with Gasteiger partial charge in [0.25, 0.3) is 17.8 Å². The van der Waals surface area contributed by atoms with Gasteiger partial charge in [0.15, 0.2) is 0 Å². The van der Waals surface area contributed by atoms with Crippen LogP contribution in [0.25, 0.3) is 0 Å². The number of alkyl halides is 14. The Kier molecular flexibility index (Phi) is 16.0. The van der Waals surface area contributed by atoms with E-state index in [1.54, 1.807) is 21.1 Å². The van der Waals surface area contributed by atoms with Gasteiger partial charge in [0, 0.05) is 13.1 Å². The maximum absolute atomic E-state index is 14.1. The first kappa shape index (κ1) is 42.1. The predicted octanol–water partition coefficient (Wildman–Crippen LogP) is 3.93. The fraction of sp³-hybridized carbons (Fsp3) is 1.00. The van der Waals surface area contributed by atoms with Crippen molar-refractivity contribution in [3.05, 3.63) is 0 Å². The zero-order valence-corrected chi connectivity index (χ0v) is 23.0. The molecule has 0 amide bonds. The van der Waals surface area contributed by atoms with E-state index in [0.717, 1.165) is 6.92 Å². The third-order valence-electron chi connectivity index (χ3n) is 4.30. The first-order valence-corrected chi connectivity index (χ1v) is 13.4. The smallest absolute Gasteiger partial charge is 0.436 e. The van der Waals surface area contributed by atoms with Gasteiger partial charge in [-0.3, -0.25) is 4.57 Å². The van der Waals surface area contributed by atoms with E-state index in [1.807, 2.05) is 0 Å². The van der Waals surface area contributed by atoms with Gasteiger partial charge in [-0.2, -0.15) is 48.2 Å². The minimum atomic E-state index is -6.55. The van der Waals surface area contributed by atoms with Crippen molar-refractivity contribution >= 4 is 17.8 Å². The van der Waals surface area contributed by atoms with Crippen LogP contribution >= 0.6 is 7.82 Å². The number of rotatable bonds is 17. The van der Waals surface area contributed by atoms with Gasteiger partial charge >= 0.3 is 43.2 Å². The Bertz CT molecular complexity index is 922. The zero-order valence-electron chi connectivity index (χ0n) is 21.3.